The SMILES string of the molecule is CNC(=O)C(C)NCc1ccc(C)s1. The maximum absolute atomic E-state index is 11.2. The molecule has 1 atom stereocenters. The second kappa shape index (κ2) is 5.12. The smallest absolute Gasteiger partial charge is 0.236 e. The minimum Gasteiger partial charge on any atom is -0.358 e. The fourth-order valence-electron chi connectivity index (χ4n) is 1.14. The molecular formula is C10H16N2OS. The van der Waals surface area contributed by atoms with Crippen molar-refractivity contribution in [2.45, 2.75) is 26.4 Å². The molecule has 0 aliphatic rings. The highest BCUT2D eigenvalue weighted by Crippen LogP contribution is 2.14. The van der Waals surface area contributed by atoms with Crippen LogP contribution in [0.3, 0.4) is 0 Å². The third-order valence-corrected chi connectivity index (χ3v) is 3.02. The van der Waals surface area contributed by atoms with Crippen LogP contribution in [-0.2, 0) is 11.3 Å². The average molecular weight is 212 g/mol. The predicted octanol–water partition coefficient (Wildman–Crippen LogP) is 1.28. The monoisotopic (exact) mass is 212 g/mol. The molecule has 14 heavy (non-hydrogen) atoms. The first-order chi connectivity index (χ1) is 6.63. The van der Waals surface area contributed by atoms with Gasteiger partial charge in [0.1, 0.15) is 0 Å². The second-order valence-corrected chi connectivity index (χ2v) is 4.60. The third-order valence-electron chi connectivity index (χ3n) is 2.02. The Morgan fingerprint density at radius 3 is 2.79 bits per heavy atom. The Morgan fingerprint density at radius 2 is 2.29 bits per heavy atom. The molecule has 0 aliphatic heterocycles. The van der Waals surface area contributed by atoms with Crippen LogP contribution < -0.4 is 10.6 Å². The van der Waals surface area contributed by atoms with E-state index in [1.54, 1.807) is 18.4 Å². The molecule has 0 saturated carbocycles. The van der Waals surface area contributed by atoms with Gasteiger partial charge in [0.15, 0.2) is 0 Å². The van der Waals surface area contributed by atoms with Gasteiger partial charge in [0.2, 0.25) is 5.91 Å². The highest BCUT2D eigenvalue weighted by molar-refractivity contribution is 7.11. The third kappa shape index (κ3) is 3.12. The molecule has 0 radical (unpaired) electrons. The van der Waals surface area contributed by atoms with Crippen molar-refractivity contribution < 1.29 is 4.79 Å². The van der Waals surface area contributed by atoms with E-state index in [9.17, 15) is 4.79 Å². The molecule has 1 heterocycles. The minimum atomic E-state index is -0.137. The van der Waals surface area contributed by atoms with E-state index in [4.69, 9.17) is 0 Å². The number of aryl methyl sites for hydroxylation is 1. The summed E-state index contributed by atoms with van der Waals surface area (Å²) in [6, 6.07) is 4.04. The topological polar surface area (TPSA) is 41.1 Å². The first kappa shape index (κ1) is 11.2. The number of amides is 1. The van der Waals surface area contributed by atoms with E-state index < -0.39 is 0 Å². The fourth-order valence-corrected chi connectivity index (χ4v) is 1.98. The lowest BCUT2D eigenvalue weighted by Crippen LogP contribution is -2.40. The van der Waals surface area contributed by atoms with E-state index in [2.05, 4.69) is 29.7 Å². The molecule has 0 aromatic carbocycles. The Bertz CT molecular complexity index is 309. The quantitative estimate of drug-likeness (QED) is 0.789. The summed E-state index contributed by atoms with van der Waals surface area (Å²) in [5.41, 5.74) is 0. The van der Waals surface area contributed by atoms with Crippen molar-refractivity contribution in [2.24, 2.45) is 0 Å². The van der Waals surface area contributed by atoms with E-state index in [1.807, 2.05) is 6.92 Å². The average Bonchev–Trinajstić information content (AvgIpc) is 2.59. The van der Waals surface area contributed by atoms with Crippen molar-refractivity contribution in [2.75, 3.05) is 7.05 Å². The first-order valence-electron chi connectivity index (χ1n) is 4.63. The van der Waals surface area contributed by atoms with Crippen LogP contribution in [0.5, 0.6) is 0 Å². The molecule has 0 saturated heterocycles. The van der Waals surface area contributed by atoms with Crippen molar-refractivity contribution in [3.8, 4) is 0 Å². The van der Waals surface area contributed by atoms with Crippen molar-refractivity contribution in [3.05, 3.63) is 21.9 Å². The highest BCUT2D eigenvalue weighted by atomic mass is 32.1. The molecule has 4 heteroatoms. The number of carbonyl (C=O) groups is 1. The number of carbonyl (C=O) groups excluding carboxylic acids is 1. The lowest BCUT2D eigenvalue weighted by molar-refractivity contribution is -0.122. The van der Waals surface area contributed by atoms with Gasteiger partial charge in [-0.2, -0.15) is 0 Å². The molecule has 1 amide bonds. The van der Waals surface area contributed by atoms with Gasteiger partial charge in [0.25, 0.3) is 0 Å². The highest BCUT2D eigenvalue weighted by Gasteiger charge is 2.09. The van der Waals surface area contributed by atoms with E-state index in [-0.39, 0.29) is 11.9 Å². The number of nitrogens with one attached hydrogen (secondary N) is 2. The van der Waals surface area contributed by atoms with Gasteiger partial charge in [-0.15, -0.1) is 11.3 Å². The zero-order chi connectivity index (χ0) is 10.6. The van der Waals surface area contributed by atoms with Gasteiger partial charge in [-0.25, -0.2) is 0 Å². The largest absolute Gasteiger partial charge is 0.358 e. The maximum atomic E-state index is 11.2. The predicted molar refractivity (Wildman–Crippen MR) is 59.4 cm³/mol. The first-order valence-corrected chi connectivity index (χ1v) is 5.45. The maximum Gasteiger partial charge on any atom is 0.236 e. The Balaban J connectivity index is 2.37. The number of likely N-dealkylation sites (N-methyl/N-ethyl adjacent to an activating group) is 1. The van der Waals surface area contributed by atoms with Crippen molar-refractivity contribution >= 4 is 17.2 Å². The van der Waals surface area contributed by atoms with E-state index in [0.717, 1.165) is 6.54 Å². The van der Waals surface area contributed by atoms with Gasteiger partial charge in [-0.1, -0.05) is 0 Å². The second-order valence-electron chi connectivity index (χ2n) is 3.23. The molecule has 1 aromatic heterocycles. The summed E-state index contributed by atoms with van der Waals surface area (Å²) in [6.07, 6.45) is 0. The van der Waals surface area contributed by atoms with Crippen LogP contribution in [0.4, 0.5) is 0 Å². The Labute approximate surface area is 88.5 Å². The summed E-state index contributed by atoms with van der Waals surface area (Å²) in [6.45, 7) is 4.70. The number of hydrogen-bond acceptors (Lipinski definition) is 3. The molecule has 78 valence electrons. The van der Waals surface area contributed by atoms with Crippen LogP contribution in [0.25, 0.3) is 0 Å². The molecule has 0 spiro atoms. The Hall–Kier alpha value is -0.870. The molecular weight excluding hydrogens is 196 g/mol. The molecule has 1 unspecified atom stereocenters. The number of rotatable bonds is 4. The van der Waals surface area contributed by atoms with Crippen molar-refractivity contribution in [3.63, 3.8) is 0 Å². The molecule has 0 fully saturated rings. The van der Waals surface area contributed by atoms with E-state index in [1.165, 1.54) is 9.75 Å². The summed E-state index contributed by atoms with van der Waals surface area (Å²) in [5.74, 6) is 0.0262. The normalized spacial score (nSPS) is 12.5. The van der Waals surface area contributed by atoms with E-state index in [0.29, 0.717) is 0 Å². The van der Waals surface area contributed by atoms with Crippen LogP contribution in [0, 0.1) is 6.92 Å². The lowest BCUT2D eigenvalue weighted by Gasteiger charge is -2.10. The standard InChI is InChI=1S/C10H16N2OS/c1-7-4-5-9(14-7)6-12-8(2)10(13)11-3/h4-5,8,12H,6H2,1-3H3,(H,11,13). The van der Waals surface area contributed by atoms with Crippen LogP contribution in [-0.4, -0.2) is 19.0 Å². The molecule has 0 aliphatic carbocycles. The van der Waals surface area contributed by atoms with Crippen molar-refractivity contribution in [1.82, 2.24) is 10.6 Å². The zero-order valence-electron chi connectivity index (χ0n) is 8.76. The summed E-state index contributed by atoms with van der Waals surface area (Å²) in [4.78, 5) is 13.7. The number of thiophene rings is 1. The van der Waals surface area contributed by atoms with Gasteiger partial charge < -0.3 is 10.6 Å². The molecule has 2 N–H and O–H groups in total. The van der Waals surface area contributed by atoms with E-state index >= 15 is 0 Å². The van der Waals surface area contributed by atoms with Crippen LogP contribution in [0.2, 0.25) is 0 Å². The van der Waals surface area contributed by atoms with Gasteiger partial charge in [-0.3, -0.25) is 4.79 Å². The summed E-state index contributed by atoms with van der Waals surface area (Å²) < 4.78 is 0. The van der Waals surface area contributed by atoms with Crippen LogP contribution in [0.15, 0.2) is 12.1 Å². The lowest BCUT2D eigenvalue weighted by atomic mass is 10.3. The van der Waals surface area contributed by atoms with Crippen molar-refractivity contribution in [1.29, 1.82) is 0 Å². The van der Waals surface area contributed by atoms with Gasteiger partial charge in [0, 0.05) is 23.3 Å². The molecule has 0 bridgehead atoms. The molecule has 1 rings (SSSR count). The van der Waals surface area contributed by atoms with Crippen LogP contribution >= 0.6 is 11.3 Å². The minimum absolute atomic E-state index is 0.0262. The number of hydrogen-bond donors (Lipinski definition) is 2. The zero-order valence-corrected chi connectivity index (χ0v) is 9.57. The summed E-state index contributed by atoms with van der Waals surface area (Å²) in [5, 5.41) is 5.77. The fraction of sp³-hybridized carbons (Fsp3) is 0.500. The van der Waals surface area contributed by atoms with Gasteiger partial charge in [0.05, 0.1) is 6.04 Å². The summed E-state index contributed by atoms with van der Waals surface area (Å²) in [7, 11) is 1.65. The van der Waals surface area contributed by atoms with Gasteiger partial charge >= 0.3 is 0 Å². The Kier molecular flexibility index (Phi) is 4.10. The van der Waals surface area contributed by atoms with Gasteiger partial charge in [-0.05, 0) is 26.0 Å². The molecule has 3 nitrogen and oxygen atoms in total. The van der Waals surface area contributed by atoms with Crippen LogP contribution in [0.1, 0.15) is 16.7 Å². The Morgan fingerprint density at radius 1 is 1.57 bits per heavy atom. The molecule has 1 aromatic rings. The summed E-state index contributed by atoms with van der Waals surface area (Å²) >= 11 is 1.75.